The third-order valence-corrected chi connectivity index (χ3v) is 3.13. The summed E-state index contributed by atoms with van der Waals surface area (Å²) < 4.78 is 4.84. The average molecular weight is 258 g/mol. The van der Waals surface area contributed by atoms with E-state index in [9.17, 15) is 4.79 Å². The Bertz CT molecular complexity index is 220. The first-order valence-electron chi connectivity index (χ1n) is 7.12. The van der Waals surface area contributed by atoms with Gasteiger partial charge in [0.05, 0.1) is 7.11 Å². The van der Waals surface area contributed by atoms with E-state index in [1.807, 2.05) is 6.92 Å². The van der Waals surface area contributed by atoms with Gasteiger partial charge in [-0.05, 0) is 33.4 Å². The summed E-state index contributed by atoms with van der Waals surface area (Å²) >= 11 is 0. The Morgan fingerprint density at radius 1 is 1.28 bits per heavy atom. The molecule has 0 amide bonds. The minimum Gasteiger partial charge on any atom is -0.468 e. The Morgan fingerprint density at radius 2 is 1.94 bits per heavy atom. The van der Waals surface area contributed by atoms with E-state index in [1.165, 1.54) is 26.4 Å². The molecule has 0 saturated heterocycles. The highest BCUT2D eigenvalue weighted by Crippen LogP contribution is 2.05. The Morgan fingerprint density at radius 3 is 2.39 bits per heavy atom. The SMILES string of the molecule is CCCCCN(CC(NCC)C(=O)OC)C(C)C. The Balaban J connectivity index is 4.36. The summed E-state index contributed by atoms with van der Waals surface area (Å²) in [6.07, 6.45) is 3.65. The van der Waals surface area contributed by atoms with Crippen LogP contribution in [0.3, 0.4) is 0 Å². The molecule has 0 rings (SSSR count). The predicted octanol–water partition coefficient (Wildman–Crippen LogP) is 2.04. The lowest BCUT2D eigenvalue weighted by Crippen LogP contribution is -2.48. The number of ether oxygens (including phenoxy) is 1. The number of likely N-dealkylation sites (N-methyl/N-ethyl adjacent to an activating group) is 1. The fourth-order valence-electron chi connectivity index (χ4n) is 1.97. The van der Waals surface area contributed by atoms with E-state index in [2.05, 4.69) is 31.0 Å². The number of nitrogens with one attached hydrogen (secondary N) is 1. The number of hydrogen-bond acceptors (Lipinski definition) is 4. The number of unbranched alkanes of at least 4 members (excludes halogenated alkanes) is 2. The van der Waals surface area contributed by atoms with Gasteiger partial charge >= 0.3 is 5.97 Å². The van der Waals surface area contributed by atoms with Crippen molar-refractivity contribution in [3.8, 4) is 0 Å². The zero-order chi connectivity index (χ0) is 14.0. The first-order chi connectivity index (χ1) is 8.56. The van der Waals surface area contributed by atoms with Crippen molar-refractivity contribution in [3.05, 3.63) is 0 Å². The van der Waals surface area contributed by atoms with Crippen molar-refractivity contribution in [1.29, 1.82) is 0 Å². The van der Waals surface area contributed by atoms with Crippen LogP contribution in [0.4, 0.5) is 0 Å². The van der Waals surface area contributed by atoms with Crippen LogP contribution in [0.15, 0.2) is 0 Å². The fourth-order valence-corrected chi connectivity index (χ4v) is 1.97. The van der Waals surface area contributed by atoms with E-state index in [0.29, 0.717) is 6.04 Å². The molecule has 0 radical (unpaired) electrons. The van der Waals surface area contributed by atoms with Crippen LogP contribution in [0.5, 0.6) is 0 Å². The number of methoxy groups -OCH3 is 1. The molecule has 4 nitrogen and oxygen atoms in total. The molecule has 0 spiro atoms. The van der Waals surface area contributed by atoms with Gasteiger partial charge in [0, 0.05) is 12.6 Å². The number of rotatable bonds is 10. The van der Waals surface area contributed by atoms with Gasteiger partial charge in [-0.2, -0.15) is 0 Å². The fraction of sp³-hybridized carbons (Fsp3) is 0.929. The van der Waals surface area contributed by atoms with Gasteiger partial charge in [0.1, 0.15) is 6.04 Å². The van der Waals surface area contributed by atoms with Crippen molar-refractivity contribution in [3.63, 3.8) is 0 Å². The zero-order valence-electron chi connectivity index (χ0n) is 12.7. The van der Waals surface area contributed by atoms with Gasteiger partial charge in [0.15, 0.2) is 0 Å². The van der Waals surface area contributed by atoms with Gasteiger partial charge in [-0.25, -0.2) is 0 Å². The minimum atomic E-state index is -0.218. The summed E-state index contributed by atoms with van der Waals surface area (Å²) in [5.41, 5.74) is 0. The molecule has 0 bridgehead atoms. The predicted molar refractivity (Wildman–Crippen MR) is 75.7 cm³/mol. The molecule has 0 aliphatic rings. The Labute approximate surface area is 112 Å². The van der Waals surface area contributed by atoms with Gasteiger partial charge < -0.3 is 10.1 Å². The molecule has 18 heavy (non-hydrogen) atoms. The molecule has 0 aromatic rings. The lowest BCUT2D eigenvalue weighted by Gasteiger charge is -2.30. The van der Waals surface area contributed by atoms with Crippen molar-refractivity contribution in [2.75, 3.05) is 26.7 Å². The summed E-state index contributed by atoms with van der Waals surface area (Å²) in [7, 11) is 1.45. The van der Waals surface area contributed by atoms with E-state index < -0.39 is 0 Å². The van der Waals surface area contributed by atoms with E-state index >= 15 is 0 Å². The van der Waals surface area contributed by atoms with E-state index in [1.54, 1.807) is 0 Å². The molecule has 108 valence electrons. The second-order valence-electron chi connectivity index (χ2n) is 4.93. The smallest absolute Gasteiger partial charge is 0.324 e. The Hall–Kier alpha value is -0.610. The first-order valence-corrected chi connectivity index (χ1v) is 7.12. The van der Waals surface area contributed by atoms with Crippen molar-refractivity contribution in [2.24, 2.45) is 0 Å². The minimum absolute atomic E-state index is 0.169. The maximum absolute atomic E-state index is 11.7. The number of nitrogens with zero attached hydrogens (tertiary/aromatic N) is 1. The van der Waals surface area contributed by atoms with Gasteiger partial charge in [-0.15, -0.1) is 0 Å². The first kappa shape index (κ1) is 17.4. The van der Waals surface area contributed by atoms with Gasteiger partial charge in [-0.3, -0.25) is 9.69 Å². The largest absolute Gasteiger partial charge is 0.468 e. The molecule has 0 aliphatic heterocycles. The summed E-state index contributed by atoms with van der Waals surface area (Å²) in [4.78, 5) is 14.0. The summed E-state index contributed by atoms with van der Waals surface area (Å²) in [5, 5.41) is 3.19. The molecule has 0 aliphatic carbocycles. The van der Waals surface area contributed by atoms with E-state index in [0.717, 1.165) is 19.6 Å². The van der Waals surface area contributed by atoms with Crippen molar-refractivity contribution >= 4 is 5.97 Å². The monoisotopic (exact) mass is 258 g/mol. The topological polar surface area (TPSA) is 41.6 Å². The van der Waals surface area contributed by atoms with Gasteiger partial charge in [-0.1, -0.05) is 26.7 Å². The van der Waals surface area contributed by atoms with E-state index in [-0.39, 0.29) is 12.0 Å². The average Bonchev–Trinajstić information content (AvgIpc) is 2.35. The normalized spacial score (nSPS) is 13.1. The molecule has 0 aromatic heterocycles. The lowest BCUT2D eigenvalue weighted by atomic mass is 10.2. The molecule has 0 saturated carbocycles. The van der Waals surface area contributed by atoms with Crippen LogP contribution in [0.2, 0.25) is 0 Å². The molecule has 0 heterocycles. The lowest BCUT2D eigenvalue weighted by molar-refractivity contribution is -0.143. The zero-order valence-corrected chi connectivity index (χ0v) is 12.7. The van der Waals surface area contributed by atoms with Crippen LogP contribution in [0.25, 0.3) is 0 Å². The number of carbonyl (C=O) groups is 1. The third kappa shape index (κ3) is 6.97. The molecule has 1 N–H and O–H groups in total. The highest BCUT2D eigenvalue weighted by Gasteiger charge is 2.22. The van der Waals surface area contributed by atoms with Crippen LogP contribution in [0, 0.1) is 0 Å². The summed E-state index contributed by atoms with van der Waals surface area (Å²) in [6, 6.07) is 0.233. The van der Waals surface area contributed by atoms with Gasteiger partial charge in [0.2, 0.25) is 0 Å². The van der Waals surface area contributed by atoms with Gasteiger partial charge in [0.25, 0.3) is 0 Å². The molecule has 0 fully saturated rings. The van der Waals surface area contributed by atoms with Crippen LogP contribution in [0.1, 0.15) is 47.0 Å². The standard InChI is InChI=1S/C14H30N2O2/c1-6-8-9-10-16(12(3)4)11-13(15-7-2)14(17)18-5/h12-13,15H,6-11H2,1-5H3. The second kappa shape index (κ2) is 10.3. The highest BCUT2D eigenvalue weighted by molar-refractivity contribution is 5.75. The third-order valence-electron chi connectivity index (χ3n) is 3.13. The van der Waals surface area contributed by atoms with Crippen LogP contribution in [-0.4, -0.2) is 49.7 Å². The highest BCUT2D eigenvalue weighted by atomic mass is 16.5. The Kier molecular flexibility index (Phi) is 9.98. The van der Waals surface area contributed by atoms with Crippen LogP contribution < -0.4 is 5.32 Å². The number of esters is 1. The number of carbonyl (C=O) groups excluding carboxylic acids is 1. The molecular weight excluding hydrogens is 228 g/mol. The second-order valence-corrected chi connectivity index (χ2v) is 4.93. The van der Waals surface area contributed by atoms with Crippen molar-refractivity contribution in [2.45, 2.75) is 59.0 Å². The van der Waals surface area contributed by atoms with Crippen LogP contribution in [-0.2, 0) is 9.53 Å². The summed E-state index contributed by atoms with van der Waals surface area (Å²) in [6.45, 7) is 11.1. The molecule has 1 atom stereocenters. The molecule has 1 unspecified atom stereocenters. The molecular formula is C14H30N2O2. The quantitative estimate of drug-likeness (QED) is 0.481. The summed E-state index contributed by atoms with van der Waals surface area (Å²) in [5.74, 6) is -0.169. The van der Waals surface area contributed by atoms with Crippen molar-refractivity contribution < 1.29 is 9.53 Å². The van der Waals surface area contributed by atoms with Crippen LogP contribution >= 0.6 is 0 Å². The maximum atomic E-state index is 11.7. The van der Waals surface area contributed by atoms with E-state index in [4.69, 9.17) is 4.74 Å². The number of hydrogen-bond donors (Lipinski definition) is 1. The molecule has 0 aromatic carbocycles. The molecule has 4 heteroatoms. The maximum Gasteiger partial charge on any atom is 0.324 e. The van der Waals surface area contributed by atoms with Crippen molar-refractivity contribution in [1.82, 2.24) is 10.2 Å².